The van der Waals surface area contributed by atoms with Gasteiger partial charge in [0.25, 0.3) is 0 Å². The molecule has 0 aliphatic rings. The molecule has 5 heteroatoms. The van der Waals surface area contributed by atoms with Crippen molar-refractivity contribution >= 4 is 17.5 Å². The molecule has 0 aliphatic heterocycles. The maximum absolute atomic E-state index is 10.6. The van der Waals surface area contributed by atoms with Gasteiger partial charge in [0.15, 0.2) is 5.78 Å². The molecule has 68 valence electrons. The van der Waals surface area contributed by atoms with E-state index in [1.807, 2.05) is 0 Å². The first-order chi connectivity index (χ1) is 5.45. The predicted molar refractivity (Wildman–Crippen MR) is 35.9 cm³/mol. The zero-order valence-electron chi connectivity index (χ0n) is 6.57. The first kappa shape index (κ1) is 10.8. The summed E-state index contributed by atoms with van der Waals surface area (Å²) in [6, 6.07) is 0. The Morgan fingerprint density at radius 3 is 2.25 bits per heavy atom. The highest BCUT2D eigenvalue weighted by atomic mass is 16.4. The number of aliphatic carboxylic acids is 1. The number of ketones is 2. The molecule has 0 aromatic carbocycles. The van der Waals surface area contributed by atoms with Crippen molar-refractivity contribution in [2.24, 2.45) is 0 Å². The molecule has 0 saturated heterocycles. The molecule has 12 heavy (non-hydrogen) atoms. The highest BCUT2D eigenvalue weighted by molar-refractivity contribution is 6.37. The topological polar surface area (TPSA) is 94.5 Å². The summed E-state index contributed by atoms with van der Waals surface area (Å²) >= 11 is 0. The number of carboxylic acid groups (broad SMARTS) is 1. The Labute approximate surface area is 69.0 Å². The van der Waals surface area contributed by atoms with Crippen molar-refractivity contribution in [2.75, 3.05) is 0 Å². The Morgan fingerprint density at radius 2 is 1.92 bits per heavy atom. The largest absolute Gasteiger partial charge is 0.550 e. The van der Waals surface area contributed by atoms with E-state index in [9.17, 15) is 19.5 Å². The number of hydrogen-bond donors (Lipinski definition) is 1. The second kappa shape index (κ2) is 4.61. The van der Waals surface area contributed by atoms with Gasteiger partial charge in [-0.25, -0.2) is 0 Å². The fraction of sp³-hybridized carbons (Fsp3) is 0.571. The Hall–Kier alpha value is -1.23. The molecule has 1 N–H and O–H groups in total. The van der Waals surface area contributed by atoms with Crippen LogP contribution in [0.15, 0.2) is 0 Å². The fourth-order valence-electron chi connectivity index (χ4n) is 0.620. The number of hydrogen-bond acceptors (Lipinski definition) is 5. The maximum Gasteiger partial charge on any atom is 0.226 e. The fourth-order valence-corrected chi connectivity index (χ4v) is 0.620. The summed E-state index contributed by atoms with van der Waals surface area (Å²) in [6.45, 7) is 1.02. The van der Waals surface area contributed by atoms with Crippen LogP contribution in [-0.4, -0.2) is 28.7 Å². The van der Waals surface area contributed by atoms with E-state index in [-0.39, 0.29) is 6.42 Å². The first-order valence-electron chi connectivity index (χ1n) is 3.38. The minimum absolute atomic E-state index is 0.277. The van der Waals surface area contributed by atoms with E-state index in [4.69, 9.17) is 5.11 Å². The van der Waals surface area contributed by atoms with Gasteiger partial charge < -0.3 is 15.0 Å². The van der Waals surface area contributed by atoms with E-state index in [0.717, 1.165) is 6.92 Å². The van der Waals surface area contributed by atoms with E-state index >= 15 is 0 Å². The Morgan fingerprint density at radius 1 is 1.42 bits per heavy atom. The van der Waals surface area contributed by atoms with Crippen molar-refractivity contribution in [3.8, 4) is 0 Å². The van der Waals surface area contributed by atoms with Gasteiger partial charge in [-0.2, -0.15) is 0 Å². The number of carbonyl (C=O) groups is 3. The highest BCUT2D eigenvalue weighted by Crippen LogP contribution is 1.98. The van der Waals surface area contributed by atoms with Gasteiger partial charge in [-0.05, 0) is 12.8 Å². The van der Waals surface area contributed by atoms with Gasteiger partial charge in [-0.3, -0.25) is 9.59 Å². The molecular formula is C7H9O5-. The monoisotopic (exact) mass is 173 g/mol. The van der Waals surface area contributed by atoms with Crippen molar-refractivity contribution in [1.29, 1.82) is 0 Å². The summed E-state index contributed by atoms with van der Waals surface area (Å²) in [5, 5.41) is 18.8. The summed E-state index contributed by atoms with van der Waals surface area (Å²) in [5.74, 6) is -3.09. The van der Waals surface area contributed by atoms with Crippen molar-refractivity contribution in [2.45, 2.75) is 25.9 Å². The van der Waals surface area contributed by atoms with Crippen molar-refractivity contribution in [1.82, 2.24) is 0 Å². The van der Waals surface area contributed by atoms with E-state index in [1.165, 1.54) is 0 Å². The van der Waals surface area contributed by atoms with Crippen molar-refractivity contribution in [3.63, 3.8) is 0 Å². The number of rotatable bonds is 5. The smallest absolute Gasteiger partial charge is 0.226 e. The van der Waals surface area contributed by atoms with Gasteiger partial charge in [0.1, 0.15) is 6.10 Å². The lowest BCUT2D eigenvalue weighted by Crippen LogP contribution is -2.30. The van der Waals surface area contributed by atoms with E-state index < -0.39 is 30.1 Å². The minimum atomic E-state index is -1.51. The molecule has 0 spiro atoms. The van der Waals surface area contributed by atoms with Crippen LogP contribution in [0.5, 0.6) is 0 Å². The van der Waals surface area contributed by atoms with Crippen molar-refractivity contribution < 1.29 is 24.6 Å². The van der Waals surface area contributed by atoms with Crippen LogP contribution < -0.4 is 5.11 Å². The van der Waals surface area contributed by atoms with Gasteiger partial charge in [0.2, 0.25) is 5.78 Å². The molecule has 0 radical (unpaired) electrons. The van der Waals surface area contributed by atoms with Crippen LogP contribution >= 0.6 is 0 Å². The van der Waals surface area contributed by atoms with E-state index in [1.54, 1.807) is 0 Å². The van der Waals surface area contributed by atoms with Crippen LogP contribution in [0.25, 0.3) is 0 Å². The van der Waals surface area contributed by atoms with Crippen LogP contribution in [0.2, 0.25) is 0 Å². The standard InChI is InChI=1S/C7H10O5/c1-4(8)7(12)5(9)2-3-6(10)11/h5,9H,2-3H2,1H3,(H,10,11)/p-1. The molecule has 0 aliphatic carbocycles. The lowest BCUT2D eigenvalue weighted by atomic mass is 10.1. The Balaban J connectivity index is 3.87. The molecule has 0 aromatic heterocycles. The molecule has 1 unspecified atom stereocenters. The summed E-state index contributed by atoms with van der Waals surface area (Å²) in [6.07, 6.45) is -2.22. The normalized spacial score (nSPS) is 12.2. The third-order valence-corrected chi connectivity index (χ3v) is 1.27. The van der Waals surface area contributed by atoms with Gasteiger partial charge in [0, 0.05) is 12.9 Å². The molecule has 0 bridgehead atoms. The van der Waals surface area contributed by atoms with Gasteiger partial charge in [-0.1, -0.05) is 0 Å². The predicted octanol–water partition coefficient (Wildman–Crippen LogP) is -1.96. The quantitative estimate of drug-likeness (QED) is 0.487. The zero-order chi connectivity index (χ0) is 9.72. The second-order valence-electron chi connectivity index (χ2n) is 2.35. The first-order valence-corrected chi connectivity index (χ1v) is 3.38. The molecule has 0 aromatic rings. The molecule has 1 atom stereocenters. The summed E-state index contributed by atoms with van der Waals surface area (Å²) in [5.41, 5.74) is 0. The molecule has 0 rings (SSSR count). The summed E-state index contributed by atoms with van der Waals surface area (Å²) < 4.78 is 0. The van der Waals surface area contributed by atoms with E-state index in [2.05, 4.69) is 0 Å². The van der Waals surface area contributed by atoms with Crippen LogP contribution in [0, 0.1) is 0 Å². The minimum Gasteiger partial charge on any atom is -0.550 e. The second-order valence-corrected chi connectivity index (χ2v) is 2.35. The van der Waals surface area contributed by atoms with Crippen molar-refractivity contribution in [3.05, 3.63) is 0 Å². The van der Waals surface area contributed by atoms with Gasteiger partial charge in [-0.15, -0.1) is 0 Å². The van der Waals surface area contributed by atoms with Gasteiger partial charge >= 0.3 is 0 Å². The number of Topliss-reactive ketones (excluding diaryl/α,β-unsaturated/α-hetero) is 2. The highest BCUT2D eigenvalue weighted by Gasteiger charge is 2.18. The Kier molecular flexibility index (Phi) is 4.14. The van der Waals surface area contributed by atoms with E-state index in [0.29, 0.717) is 0 Å². The third kappa shape index (κ3) is 3.82. The molecule has 5 nitrogen and oxygen atoms in total. The molecule has 0 heterocycles. The average Bonchev–Trinajstić information content (AvgIpc) is 1.98. The SMILES string of the molecule is CC(=O)C(=O)C(O)CCC(=O)[O-]. The van der Waals surface area contributed by atoms with Crippen LogP contribution in [0.3, 0.4) is 0 Å². The molecule has 0 saturated carbocycles. The average molecular weight is 173 g/mol. The lowest BCUT2D eigenvalue weighted by molar-refractivity contribution is -0.306. The number of carbonyl (C=O) groups excluding carboxylic acids is 3. The third-order valence-electron chi connectivity index (χ3n) is 1.27. The zero-order valence-corrected chi connectivity index (χ0v) is 6.57. The Bertz CT molecular complexity index is 208. The molecule has 0 amide bonds. The molecular weight excluding hydrogens is 164 g/mol. The summed E-state index contributed by atoms with van der Waals surface area (Å²) in [7, 11) is 0. The number of aliphatic hydroxyl groups excluding tert-OH is 1. The molecule has 0 fully saturated rings. The number of aliphatic hydroxyl groups is 1. The summed E-state index contributed by atoms with van der Waals surface area (Å²) in [4.78, 5) is 30.9. The van der Waals surface area contributed by atoms with Crippen LogP contribution in [-0.2, 0) is 14.4 Å². The number of carboxylic acids is 1. The van der Waals surface area contributed by atoms with Crippen LogP contribution in [0.4, 0.5) is 0 Å². The maximum atomic E-state index is 10.6. The lowest BCUT2D eigenvalue weighted by Gasteiger charge is -2.06. The van der Waals surface area contributed by atoms with Gasteiger partial charge in [0.05, 0.1) is 0 Å². The van der Waals surface area contributed by atoms with Crippen LogP contribution in [0.1, 0.15) is 19.8 Å².